The minimum absolute atomic E-state index is 0.180. The highest BCUT2D eigenvalue weighted by Gasteiger charge is 2.30. The molecule has 1 atom stereocenters. The first-order valence-electron chi connectivity index (χ1n) is 5.55. The third kappa shape index (κ3) is 4.06. The van der Waals surface area contributed by atoms with E-state index in [0.29, 0.717) is 12.8 Å². The molecule has 0 saturated heterocycles. The van der Waals surface area contributed by atoms with Crippen molar-refractivity contribution >= 4 is 0 Å². The summed E-state index contributed by atoms with van der Waals surface area (Å²) in [6.45, 7) is 0. The van der Waals surface area contributed by atoms with Crippen LogP contribution in [0.5, 0.6) is 0 Å². The molecule has 0 radical (unpaired) electrons. The molecule has 0 spiro atoms. The standard InChI is InChI=1S/C13H15F3N2/c1-2-3-4-5-12(18-17)10-6-8-11(9-7-10)13(14,15)16/h1,6-9,12,18H,3-5,17H2. The van der Waals surface area contributed by atoms with Gasteiger partial charge in [-0.1, -0.05) is 12.1 Å². The maximum absolute atomic E-state index is 12.4. The zero-order valence-electron chi connectivity index (χ0n) is 9.80. The second-order valence-electron chi connectivity index (χ2n) is 3.94. The summed E-state index contributed by atoms with van der Waals surface area (Å²) >= 11 is 0. The highest BCUT2D eigenvalue weighted by Crippen LogP contribution is 2.30. The van der Waals surface area contributed by atoms with Crippen LogP contribution in [0.4, 0.5) is 13.2 Å². The molecule has 5 heteroatoms. The summed E-state index contributed by atoms with van der Waals surface area (Å²) in [6.07, 6.45) is 2.90. The van der Waals surface area contributed by atoms with Crippen LogP contribution in [-0.4, -0.2) is 0 Å². The van der Waals surface area contributed by atoms with E-state index in [9.17, 15) is 13.2 Å². The number of halogens is 3. The molecule has 98 valence electrons. The van der Waals surface area contributed by atoms with Crippen molar-refractivity contribution in [1.82, 2.24) is 5.43 Å². The van der Waals surface area contributed by atoms with Crippen molar-refractivity contribution in [3.05, 3.63) is 35.4 Å². The Morgan fingerprint density at radius 3 is 2.33 bits per heavy atom. The molecular weight excluding hydrogens is 241 g/mol. The van der Waals surface area contributed by atoms with Crippen molar-refractivity contribution < 1.29 is 13.2 Å². The average Bonchev–Trinajstić information content (AvgIpc) is 2.34. The van der Waals surface area contributed by atoms with Crippen LogP contribution < -0.4 is 11.3 Å². The van der Waals surface area contributed by atoms with E-state index in [2.05, 4.69) is 11.3 Å². The Balaban J connectivity index is 2.73. The number of terminal acetylenes is 1. The normalized spacial score (nSPS) is 13.1. The van der Waals surface area contributed by atoms with Crippen LogP contribution in [0.25, 0.3) is 0 Å². The Labute approximate surface area is 104 Å². The maximum Gasteiger partial charge on any atom is 0.416 e. The van der Waals surface area contributed by atoms with E-state index >= 15 is 0 Å². The number of alkyl halides is 3. The van der Waals surface area contributed by atoms with Crippen molar-refractivity contribution in [2.75, 3.05) is 0 Å². The second-order valence-corrected chi connectivity index (χ2v) is 3.94. The van der Waals surface area contributed by atoms with Gasteiger partial charge in [0, 0.05) is 12.5 Å². The number of benzene rings is 1. The van der Waals surface area contributed by atoms with Crippen LogP contribution >= 0.6 is 0 Å². The Morgan fingerprint density at radius 1 is 1.28 bits per heavy atom. The van der Waals surface area contributed by atoms with Gasteiger partial charge in [0.05, 0.1) is 5.56 Å². The number of unbranched alkanes of at least 4 members (excludes halogenated alkanes) is 1. The third-order valence-corrected chi connectivity index (χ3v) is 2.66. The van der Waals surface area contributed by atoms with Crippen LogP contribution in [0.2, 0.25) is 0 Å². The summed E-state index contributed by atoms with van der Waals surface area (Å²) in [5.74, 6) is 7.90. The van der Waals surface area contributed by atoms with Crippen LogP contribution in [0.3, 0.4) is 0 Å². The van der Waals surface area contributed by atoms with Gasteiger partial charge in [-0.25, -0.2) is 0 Å². The van der Waals surface area contributed by atoms with Gasteiger partial charge in [0.25, 0.3) is 0 Å². The van der Waals surface area contributed by atoms with Crippen LogP contribution in [0.15, 0.2) is 24.3 Å². The van der Waals surface area contributed by atoms with Gasteiger partial charge in [-0.3, -0.25) is 11.3 Å². The Kier molecular flexibility index (Phi) is 5.20. The molecular formula is C13H15F3N2. The number of nitrogens with two attached hydrogens (primary N) is 1. The minimum Gasteiger partial charge on any atom is -0.271 e. The molecule has 0 amide bonds. The van der Waals surface area contributed by atoms with E-state index in [4.69, 9.17) is 12.3 Å². The molecule has 3 N–H and O–H groups in total. The quantitative estimate of drug-likeness (QED) is 0.368. The Morgan fingerprint density at radius 2 is 1.89 bits per heavy atom. The molecule has 0 aromatic heterocycles. The lowest BCUT2D eigenvalue weighted by molar-refractivity contribution is -0.137. The third-order valence-electron chi connectivity index (χ3n) is 2.66. The molecule has 0 aliphatic rings. The lowest BCUT2D eigenvalue weighted by atomic mass is 10.0. The fourth-order valence-corrected chi connectivity index (χ4v) is 1.66. The average molecular weight is 256 g/mol. The molecule has 0 fully saturated rings. The molecule has 0 aliphatic heterocycles. The van der Waals surface area contributed by atoms with E-state index in [1.54, 1.807) is 0 Å². The second kappa shape index (κ2) is 6.43. The highest BCUT2D eigenvalue weighted by molar-refractivity contribution is 5.26. The maximum atomic E-state index is 12.4. The largest absolute Gasteiger partial charge is 0.416 e. The zero-order chi connectivity index (χ0) is 13.6. The lowest BCUT2D eigenvalue weighted by Gasteiger charge is -2.16. The number of nitrogens with one attached hydrogen (secondary N) is 1. The predicted molar refractivity (Wildman–Crippen MR) is 64.2 cm³/mol. The van der Waals surface area contributed by atoms with Gasteiger partial charge in [0.2, 0.25) is 0 Å². The van der Waals surface area contributed by atoms with Gasteiger partial charge in [0.1, 0.15) is 0 Å². The van der Waals surface area contributed by atoms with E-state index < -0.39 is 11.7 Å². The minimum atomic E-state index is -4.31. The summed E-state index contributed by atoms with van der Waals surface area (Å²) in [4.78, 5) is 0. The zero-order valence-corrected chi connectivity index (χ0v) is 9.80. The molecule has 2 nitrogen and oxygen atoms in total. The first-order valence-corrected chi connectivity index (χ1v) is 5.55. The topological polar surface area (TPSA) is 38.0 Å². The first kappa shape index (κ1) is 14.6. The predicted octanol–water partition coefficient (Wildman–Crippen LogP) is 3.01. The molecule has 1 rings (SSSR count). The molecule has 0 saturated carbocycles. The van der Waals surface area contributed by atoms with Gasteiger partial charge in [-0.15, -0.1) is 12.3 Å². The molecule has 18 heavy (non-hydrogen) atoms. The van der Waals surface area contributed by atoms with E-state index in [0.717, 1.165) is 24.1 Å². The number of hydrogen-bond acceptors (Lipinski definition) is 2. The SMILES string of the molecule is C#CCCCC(NN)c1ccc(C(F)(F)F)cc1. The van der Waals surface area contributed by atoms with Crippen molar-refractivity contribution in [2.24, 2.45) is 5.84 Å². The summed E-state index contributed by atoms with van der Waals surface area (Å²) in [7, 11) is 0. The summed E-state index contributed by atoms with van der Waals surface area (Å²) in [6, 6.07) is 4.80. The molecule has 1 unspecified atom stereocenters. The monoisotopic (exact) mass is 256 g/mol. The van der Waals surface area contributed by atoms with Crippen molar-refractivity contribution in [3.8, 4) is 12.3 Å². The molecule has 0 aliphatic carbocycles. The van der Waals surface area contributed by atoms with Crippen molar-refractivity contribution in [1.29, 1.82) is 0 Å². The van der Waals surface area contributed by atoms with Crippen LogP contribution in [0, 0.1) is 12.3 Å². The van der Waals surface area contributed by atoms with Gasteiger partial charge in [-0.05, 0) is 30.5 Å². The van der Waals surface area contributed by atoms with Gasteiger partial charge in [0.15, 0.2) is 0 Å². The smallest absolute Gasteiger partial charge is 0.271 e. The number of rotatable bonds is 5. The molecule has 0 bridgehead atoms. The summed E-state index contributed by atoms with van der Waals surface area (Å²) < 4.78 is 37.2. The van der Waals surface area contributed by atoms with Crippen molar-refractivity contribution in [2.45, 2.75) is 31.5 Å². The number of hydrazine groups is 1. The Hall–Kier alpha value is -1.51. The number of hydrogen-bond donors (Lipinski definition) is 2. The molecule has 0 heterocycles. The van der Waals surface area contributed by atoms with E-state index in [1.807, 2.05) is 0 Å². The fraction of sp³-hybridized carbons (Fsp3) is 0.385. The van der Waals surface area contributed by atoms with Crippen LogP contribution in [-0.2, 0) is 6.18 Å². The van der Waals surface area contributed by atoms with E-state index in [1.165, 1.54) is 12.1 Å². The van der Waals surface area contributed by atoms with Gasteiger partial charge < -0.3 is 0 Å². The van der Waals surface area contributed by atoms with Gasteiger partial charge in [-0.2, -0.15) is 13.2 Å². The van der Waals surface area contributed by atoms with E-state index in [-0.39, 0.29) is 6.04 Å². The summed E-state index contributed by atoms with van der Waals surface area (Å²) in [5, 5.41) is 0. The van der Waals surface area contributed by atoms with Gasteiger partial charge >= 0.3 is 6.18 Å². The lowest BCUT2D eigenvalue weighted by Crippen LogP contribution is -2.28. The fourth-order valence-electron chi connectivity index (χ4n) is 1.66. The first-order chi connectivity index (χ1) is 8.49. The Bertz CT molecular complexity index is 404. The van der Waals surface area contributed by atoms with Crippen molar-refractivity contribution in [3.63, 3.8) is 0 Å². The molecule has 1 aromatic carbocycles. The molecule has 1 aromatic rings. The highest BCUT2D eigenvalue weighted by atomic mass is 19.4. The van der Waals surface area contributed by atoms with Crippen LogP contribution in [0.1, 0.15) is 36.4 Å². The summed E-state index contributed by atoms with van der Waals surface area (Å²) in [5.41, 5.74) is 2.65.